The van der Waals surface area contributed by atoms with E-state index in [1.54, 1.807) is 0 Å². The monoisotopic (exact) mass is 483 g/mol. The van der Waals surface area contributed by atoms with Crippen molar-refractivity contribution in [2.24, 2.45) is 0 Å². The molecule has 0 amide bonds. The Kier molecular flexibility index (Phi) is 9.89. The first kappa shape index (κ1) is 28.2. The Balaban J connectivity index is 0.00000480. The maximum absolute atomic E-state index is 11.5. The van der Waals surface area contributed by atoms with E-state index in [-0.39, 0.29) is 53.8 Å². The van der Waals surface area contributed by atoms with Gasteiger partial charge in [0.1, 0.15) is 16.7 Å². The smallest absolute Gasteiger partial charge is 0.748 e. The minimum atomic E-state index is -4.65. The van der Waals surface area contributed by atoms with Gasteiger partial charge in [-0.15, -0.1) is 0 Å². The van der Waals surface area contributed by atoms with E-state index >= 15 is 0 Å². The van der Waals surface area contributed by atoms with Crippen LogP contribution in [0.3, 0.4) is 0 Å². The third kappa shape index (κ3) is 7.34. The van der Waals surface area contributed by atoms with Gasteiger partial charge >= 0.3 is 35.5 Å². The molecule has 1 N–H and O–H groups in total. The fourth-order valence-corrected chi connectivity index (χ4v) is 4.94. The van der Waals surface area contributed by atoms with Crippen molar-refractivity contribution in [1.29, 1.82) is 0 Å². The minimum absolute atomic E-state index is 0. The summed E-state index contributed by atoms with van der Waals surface area (Å²) in [5.74, 6) is -1.37. The van der Waals surface area contributed by atoms with Crippen LogP contribution in [-0.4, -0.2) is 59.6 Å². The van der Waals surface area contributed by atoms with E-state index in [1.807, 2.05) is 18.4 Å². The van der Waals surface area contributed by atoms with Crippen LogP contribution in [0.4, 0.5) is 5.69 Å². The van der Waals surface area contributed by atoms with E-state index in [2.05, 4.69) is 0 Å². The molecule has 2 rings (SSSR count). The maximum Gasteiger partial charge on any atom is 1.00 e. The first-order valence-corrected chi connectivity index (χ1v) is 12.6. The predicted molar refractivity (Wildman–Crippen MR) is 107 cm³/mol. The van der Waals surface area contributed by atoms with Crippen molar-refractivity contribution in [2.45, 2.75) is 62.7 Å². The van der Waals surface area contributed by atoms with Crippen LogP contribution in [-0.2, 0) is 30.4 Å². The Labute approximate surface area is 205 Å². The zero-order valence-electron chi connectivity index (χ0n) is 18.0. The van der Waals surface area contributed by atoms with E-state index < -0.39 is 37.4 Å². The average Bonchev–Trinajstić information content (AvgIpc) is 2.81. The fraction of sp³-hybridized carbons (Fsp3) is 0.579. The number of unbranched alkanes of at least 4 members (excludes halogenated alkanes) is 2. The molecule has 0 bridgehead atoms. The van der Waals surface area contributed by atoms with Gasteiger partial charge in [-0.2, -0.15) is 4.58 Å². The molecular weight excluding hydrogens is 457 g/mol. The largest absolute Gasteiger partial charge is 1.00 e. The van der Waals surface area contributed by atoms with E-state index in [1.165, 1.54) is 18.2 Å². The fourth-order valence-electron chi connectivity index (χ4n) is 3.96. The Hall–Kier alpha value is -0.820. The van der Waals surface area contributed by atoms with Crippen LogP contribution >= 0.6 is 0 Å². The van der Waals surface area contributed by atoms with Gasteiger partial charge < -0.3 is 14.2 Å². The molecule has 1 aliphatic rings. The van der Waals surface area contributed by atoms with Gasteiger partial charge in [-0.1, -0.05) is 12.8 Å². The number of hydrogen-bond acceptors (Lipinski definition) is 7. The first-order chi connectivity index (χ1) is 13.8. The Bertz CT molecular complexity index is 1070. The summed E-state index contributed by atoms with van der Waals surface area (Å²) < 4.78 is 69.2. The van der Waals surface area contributed by atoms with E-state index in [0.717, 1.165) is 5.71 Å². The Morgan fingerprint density at radius 2 is 1.74 bits per heavy atom. The van der Waals surface area contributed by atoms with Gasteiger partial charge in [0, 0.05) is 37.1 Å². The van der Waals surface area contributed by atoms with Gasteiger partial charge in [0.25, 0.3) is 0 Å². The SMILES string of the molecule is CC1=[N+](CCCS(=O)(=O)[O-])c2ccc(S(=O)(=O)[O-])cc2C1(C)CCCCCC(=O)O.[Na+]. The van der Waals surface area contributed by atoms with Gasteiger partial charge in [0.05, 0.1) is 20.4 Å². The topological polar surface area (TPSA) is 155 Å². The summed E-state index contributed by atoms with van der Waals surface area (Å²) in [6, 6.07) is 4.12. The molecule has 1 aliphatic heterocycles. The second kappa shape index (κ2) is 10.9. The van der Waals surface area contributed by atoms with Crippen molar-refractivity contribution in [3.63, 3.8) is 0 Å². The van der Waals surface area contributed by atoms with Crippen molar-refractivity contribution in [3.05, 3.63) is 23.8 Å². The molecule has 0 saturated heterocycles. The van der Waals surface area contributed by atoms with Crippen molar-refractivity contribution in [3.8, 4) is 0 Å². The first-order valence-electron chi connectivity index (χ1n) is 9.63. The number of carboxylic acid groups (broad SMARTS) is 1. The van der Waals surface area contributed by atoms with Crippen LogP contribution in [0.2, 0.25) is 0 Å². The molecule has 9 nitrogen and oxygen atoms in total. The average molecular weight is 484 g/mol. The number of aliphatic carboxylic acids is 1. The molecule has 12 heteroatoms. The molecular formula is C19H26NNaO8S2. The normalized spacial score (nSPS) is 18.6. The van der Waals surface area contributed by atoms with Crippen LogP contribution in [0.5, 0.6) is 0 Å². The van der Waals surface area contributed by atoms with Crippen molar-refractivity contribution in [2.75, 3.05) is 12.3 Å². The molecule has 0 aromatic heterocycles. The van der Waals surface area contributed by atoms with Crippen LogP contribution in [0, 0.1) is 0 Å². The van der Waals surface area contributed by atoms with Gasteiger partial charge in [-0.3, -0.25) is 4.79 Å². The van der Waals surface area contributed by atoms with Crippen molar-refractivity contribution < 1.29 is 70.0 Å². The van der Waals surface area contributed by atoms with Crippen molar-refractivity contribution in [1.82, 2.24) is 0 Å². The van der Waals surface area contributed by atoms with E-state index in [0.29, 0.717) is 36.9 Å². The summed E-state index contributed by atoms with van der Waals surface area (Å²) in [5.41, 5.74) is 1.59. The molecule has 1 unspecified atom stereocenters. The molecule has 1 aromatic carbocycles. The zero-order chi connectivity index (χ0) is 22.7. The molecule has 1 aromatic rings. The Morgan fingerprint density at radius 3 is 2.29 bits per heavy atom. The number of carbonyl (C=O) groups is 1. The molecule has 31 heavy (non-hydrogen) atoms. The summed E-state index contributed by atoms with van der Waals surface area (Å²) in [7, 11) is -9.00. The number of carboxylic acids is 1. The zero-order valence-corrected chi connectivity index (χ0v) is 21.6. The third-order valence-corrected chi connectivity index (χ3v) is 7.31. The molecule has 0 fully saturated rings. The molecule has 1 atom stereocenters. The summed E-state index contributed by atoms with van der Waals surface area (Å²) >= 11 is 0. The summed E-state index contributed by atoms with van der Waals surface area (Å²) in [4.78, 5) is 10.3. The van der Waals surface area contributed by atoms with Crippen LogP contribution < -0.4 is 29.6 Å². The molecule has 0 saturated carbocycles. The van der Waals surface area contributed by atoms with Gasteiger partial charge in [-0.25, -0.2) is 16.8 Å². The number of benzene rings is 1. The number of hydrogen-bond donors (Lipinski definition) is 1. The Morgan fingerprint density at radius 1 is 1.10 bits per heavy atom. The van der Waals surface area contributed by atoms with E-state index in [9.17, 15) is 30.7 Å². The maximum atomic E-state index is 11.5. The second-order valence-electron chi connectivity index (χ2n) is 7.77. The molecule has 0 spiro atoms. The second-order valence-corrected chi connectivity index (χ2v) is 10.7. The summed E-state index contributed by atoms with van der Waals surface area (Å²) in [6.07, 6.45) is 2.68. The van der Waals surface area contributed by atoms with E-state index in [4.69, 9.17) is 5.11 Å². The third-order valence-electron chi connectivity index (χ3n) is 5.69. The van der Waals surface area contributed by atoms with Gasteiger partial charge in [0.2, 0.25) is 5.69 Å². The number of rotatable bonds is 11. The van der Waals surface area contributed by atoms with Crippen LogP contribution in [0.1, 0.15) is 57.9 Å². The quantitative estimate of drug-likeness (QED) is 0.181. The van der Waals surface area contributed by atoms with Crippen molar-refractivity contribution >= 4 is 37.6 Å². The molecule has 0 aliphatic carbocycles. The molecule has 0 radical (unpaired) electrons. The molecule has 168 valence electrons. The molecule has 1 heterocycles. The predicted octanol–water partition coefficient (Wildman–Crippen LogP) is -1.06. The number of nitrogens with zero attached hydrogens (tertiary/aromatic N) is 1. The number of fused-ring (bicyclic) bond motifs is 1. The standard InChI is InChI=1S/C19H27NO8S2.Na/c1-14-19(2,10-5-3-4-7-18(21)22)16-13-15(30(26,27)28)8-9-17(16)20(14)11-6-12-29(23,24)25;/h8-9,13H,3-7,10-12H2,1-2H3,(H2-,21,22,23,24,25,26,27,28);/q;+1/p-1. The summed E-state index contributed by atoms with van der Waals surface area (Å²) in [5, 5.41) is 8.77. The summed E-state index contributed by atoms with van der Waals surface area (Å²) in [6.45, 7) is 4.04. The van der Waals surface area contributed by atoms with Gasteiger partial charge in [0.15, 0.2) is 5.71 Å². The van der Waals surface area contributed by atoms with Crippen LogP contribution in [0.15, 0.2) is 23.1 Å². The van der Waals surface area contributed by atoms with Crippen LogP contribution in [0.25, 0.3) is 0 Å². The minimum Gasteiger partial charge on any atom is -0.748 e. The van der Waals surface area contributed by atoms with Gasteiger partial charge in [-0.05, 0) is 31.9 Å².